The molecule has 0 N–H and O–H groups in total. The first-order chi connectivity index (χ1) is 10.3. The minimum Gasteiger partial charge on any atom is -0.466 e. The number of allylic oxidation sites excluding steroid dienone is 1. The first kappa shape index (κ1) is 17.7. The summed E-state index contributed by atoms with van der Waals surface area (Å²) in [7, 11) is 0. The number of carbonyl (C=O) groups is 2. The van der Waals surface area contributed by atoms with Crippen LogP contribution in [0, 0.1) is 0 Å². The third-order valence-corrected chi connectivity index (χ3v) is 2.52. The maximum Gasteiger partial charge on any atom is 0.416 e. The zero-order valence-corrected chi connectivity index (χ0v) is 11.9. The van der Waals surface area contributed by atoms with Crippen molar-refractivity contribution in [2.75, 3.05) is 13.2 Å². The van der Waals surface area contributed by atoms with Crippen molar-refractivity contribution in [1.82, 2.24) is 0 Å². The number of hydrogen-bond acceptors (Lipinski definition) is 4. The molecule has 1 rings (SSSR count). The molecular weight excluding hydrogens is 301 g/mol. The summed E-state index contributed by atoms with van der Waals surface area (Å²) >= 11 is 0. The van der Waals surface area contributed by atoms with Gasteiger partial charge in [0.25, 0.3) is 0 Å². The van der Waals surface area contributed by atoms with Crippen LogP contribution in [0.3, 0.4) is 0 Å². The van der Waals surface area contributed by atoms with E-state index in [4.69, 9.17) is 0 Å². The van der Waals surface area contributed by atoms with Gasteiger partial charge in [0.15, 0.2) is 0 Å². The van der Waals surface area contributed by atoms with Gasteiger partial charge in [0.05, 0.1) is 12.2 Å². The lowest BCUT2D eigenvalue weighted by atomic mass is 10.1. The van der Waals surface area contributed by atoms with E-state index in [0.29, 0.717) is 0 Å². The Bertz CT molecular complexity index is 535. The fourth-order valence-electron chi connectivity index (χ4n) is 1.61. The van der Waals surface area contributed by atoms with Crippen LogP contribution in [-0.4, -0.2) is 31.3 Å². The van der Waals surface area contributed by atoms with E-state index in [1.54, 1.807) is 13.0 Å². The molecule has 1 aromatic carbocycles. The molecule has 0 spiro atoms. The van der Waals surface area contributed by atoms with E-state index in [2.05, 4.69) is 9.47 Å². The molecule has 0 radical (unpaired) electrons. The Hall–Kier alpha value is -2.31. The second-order valence-electron chi connectivity index (χ2n) is 4.15. The van der Waals surface area contributed by atoms with Gasteiger partial charge in [0, 0.05) is 0 Å². The number of benzene rings is 1. The van der Waals surface area contributed by atoms with E-state index in [1.807, 2.05) is 0 Å². The quantitative estimate of drug-likeness (QED) is 0.598. The second-order valence-corrected chi connectivity index (χ2v) is 4.15. The van der Waals surface area contributed by atoms with Gasteiger partial charge in [-0.05, 0) is 18.6 Å². The smallest absolute Gasteiger partial charge is 0.416 e. The van der Waals surface area contributed by atoms with Crippen molar-refractivity contribution in [3.8, 4) is 0 Å². The number of rotatable bonds is 6. The summed E-state index contributed by atoms with van der Waals surface area (Å²) in [5.41, 5.74) is -0.937. The third-order valence-electron chi connectivity index (χ3n) is 2.52. The fraction of sp³-hybridized carbons (Fsp3) is 0.333. The van der Waals surface area contributed by atoms with E-state index in [-0.39, 0.29) is 12.2 Å². The van der Waals surface area contributed by atoms with Crippen LogP contribution in [0.4, 0.5) is 13.2 Å². The monoisotopic (exact) mass is 316 g/mol. The number of halogens is 3. The average molecular weight is 316 g/mol. The Balaban J connectivity index is 2.68. The Kier molecular flexibility index (Phi) is 6.62. The molecule has 0 heterocycles. The van der Waals surface area contributed by atoms with Crippen LogP contribution in [0.1, 0.15) is 18.9 Å². The van der Waals surface area contributed by atoms with Gasteiger partial charge in [-0.1, -0.05) is 30.3 Å². The zero-order chi connectivity index (χ0) is 16.6. The molecule has 0 aliphatic heterocycles. The van der Waals surface area contributed by atoms with Gasteiger partial charge < -0.3 is 9.47 Å². The topological polar surface area (TPSA) is 52.6 Å². The largest absolute Gasteiger partial charge is 0.466 e. The number of hydrogen-bond donors (Lipinski definition) is 0. The van der Waals surface area contributed by atoms with Crippen LogP contribution >= 0.6 is 0 Å². The van der Waals surface area contributed by atoms with Crippen molar-refractivity contribution < 1.29 is 32.2 Å². The molecule has 0 amide bonds. The molecule has 0 bridgehead atoms. The van der Waals surface area contributed by atoms with Crippen molar-refractivity contribution in [2.24, 2.45) is 0 Å². The lowest BCUT2D eigenvalue weighted by molar-refractivity contribution is -0.153. The summed E-state index contributed by atoms with van der Waals surface area (Å²) in [5, 5.41) is 0. The maximum atomic E-state index is 13.0. The normalized spacial score (nSPS) is 11.9. The van der Waals surface area contributed by atoms with Crippen molar-refractivity contribution in [2.45, 2.75) is 19.5 Å². The van der Waals surface area contributed by atoms with Gasteiger partial charge in [-0.2, -0.15) is 13.2 Å². The maximum absolute atomic E-state index is 13.0. The fourth-order valence-corrected chi connectivity index (χ4v) is 1.61. The number of esters is 2. The molecule has 0 saturated heterocycles. The molecule has 0 aliphatic rings. The molecule has 0 unspecified atom stereocenters. The first-order valence-electron chi connectivity index (χ1n) is 6.48. The number of carbonyl (C=O) groups excluding carboxylic acids is 2. The van der Waals surface area contributed by atoms with Crippen LogP contribution in [0.2, 0.25) is 0 Å². The van der Waals surface area contributed by atoms with E-state index < -0.39 is 36.7 Å². The van der Waals surface area contributed by atoms with Crippen LogP contribution in [0.5, 0.6) is 0 Å². The van der Waals surface area contributed by atoms with Crippen LogP contribution in [-0.2, 0) is 19.1 Å². The molecule has 0 atom stereocenters. The van der Waals surface area contributed by atoms with Crippen molar-refractivity contribution in [1.29, 1.82) is 0 Å². The van der Waals surface area contributed by atoms with Crippen LogP contribution in [0.25, 0.3) is 5.57 Å². The van der Waals surface area contributed by atoms with Crippen molar-refractivity contribution >= 4 is 17.5 Å². The Morgan fingerprint density at radius 1 is 1.09 bits per heavy atom. The molecule has 4 nitrogen and oxygen atoms in total. The summed E-state index contributed by atoms with van der Waals surface area (Å²) in [6, 6.07) is 7.15. The molecule has 1 aromatic rings. The van der Waals surface area contributed by atoms with Gasteiger partial charge in [-0.25, -0.2) is 0 Å². The highest BCUT2D eigenvalue weighted by molar-refractivity contribution is 5.91. The predicted molar refractivity (Wildman–Crippen MR) is 72.7 cm³/mol. The molecule has 120 valence electrons. The summed E-state index contributed by atoms with van der Waals surface area (Å²) < 4.78 is 48.0. The molecule has 0 fully saturated rings. The highest BCUT2D eigenvalue weighted by atomic mass is 19.4. The average Bonchev–Trinajstić information content (AvgIpc) is 2.43. The molecule has 7 heteroatoms. The lowest BCUT2D eigenvalue weighted by Crippen LogP contribution is -2.15. The van der Waals surface area contributed by atoms with Crippen molar-refractivity contribution in [3.05, 3.63) is 42.0 Å². The van der Waals surface area contributed by atoms with Gasteiger partial charge in [0.1, 0.15) is 13.0 Å². The minimum atomic E-state index is -4.57. The van der Waals surface area contributed by atoms with Crippen LogP contribution < -0.4 is 0 Å². The Morgan fingerprint density at radius 2 is 1.68 bits per heavy atom. The number of ether oxygens (including phenoxy) is 2. The Morgan fingerprint density at radius 3 is 2.23 bits per heavy atom. The molecular formula is C15H15F3O4. The summed E-state index contributed by atoms with van der Waals surface area (Å²) in [4.78, 5) is 22.3. The predicted octanol–water partition coefficient (Wildman–Crippen LogP) is 3.13. The van der Waals surface area contributed by atoms with E-state index in [9.17, 15) is 22.8 Å². The summed E-state index contributed by atoms with van der Waals surface area (Å²) in [6.07, 6.45) is -4.44. The van der Waals surface area contributed by atoms with E-state index in [1.165, 1.54) is 24.3 Å². The number of alkyl halides is 3. The minimum absolute atomic E-state index is 0.0311. The highest BCUT2D eigenvalue weighted by Gasteiger charge is 2.34. The standard InChI is InChI=1S/C15H15F3O4/c1-2-21-13(19)10-14(20)22-9-8-12(15(16,17)18)11-6-4-3-5-7-11/h3-8H,2,9-10H2,1H3/b12-8+. The lowest BCUT2D eigenvalue weighted by Gasteiger charge is -2.12. The molecule has 0 saturated carbocycles. The van der Waals surface area contributed by atoms with Gasteiger partial charge >= 0.3 is 18.1 Å². The van der Waals surface area contributed by atoms with Crippen LogP contribution in [0.15, 0.2) is 36.4 Å². The van der Waals surface area contributed by atoms with Gasteiger partial charge in [0.2, 0.25) is 0 Å². The van der Waals surface area contributed by atoms with E-state index in [0.717, 1.165) is 6.08 Å². The highest BCUT2D eigenvalue weighted by Crippen LogP contribution is 2.33. The Labute approximate surface area is 125 Å². The summed E-state index contributed by atoms with van der Waals surface area (Å²) in [5.74, 6) is -1.72. The SMILES string of the molecule is CCOC(=O)CC(=O)OC/C=C(\c1ccccc1)C(F)(F)F. The van der Waals surface area contributed by atoms with Crippen molar-refractivity contribution in [3.63, 3.8) is 0 Å². The third kappa shape index (κ3) is 5.99. The first-order valence-corrected chi connectivity index (χ1v) is 6.48. The molecule has 0 aliphatic carbocycles. The van der Waals surface area contributed by atoms with Gasteiger partial charge in [-0.3, -0.25) is 9.59 Å². The summed E-state index contributed by atoms with van der Waals surface area (Å²) in [6.45, 7) is 1.10. The molecule has 0 aromatic heterocycles. The zero-order valence-electron chi connectivity index (χ0n) is 11.9. The van der Waals surface area contributed by atoms with Gasteiger partial charge in [-0.15, -0.1) is 0 Å². The van der Waals surface area contributed by atoms with E-state index >= 15 is 0 Å². The molecule has 22 heavy (non-hydrogen) atoms. The second kappa shape index (κ2) is 8.21.